The maximum Gasteiger partial charge on any atom is 0.337 e. The zero-order valence-corrected chi connectivity index (χ0v) is 18.8. The topological polar surface area (TPSA) is 108 Å². The molecule has 33 heavy (non-hydrogen) atoms. The fraction of sp³-hybridized carbons (Fsp3) is 0.333. The lowest BCUT2D eigenvalue weighted by Crippen LogP contribution is -2.30. The molecule has 176 valence electrons. The zero-order chi connectivity index (χ0) is 23.8. The number of carbonyl (C=O) groups excluding carboxylic acids is 1. The second-order valence-corrected chi connectivity index (χ2v) is 7.25. The molecular weight excluding hydrogens is 430 g/mol. The van der Waals surface area contributed by atoms with Crippen molar-refractivity contribution in [3.8, 4) is 17.2 Å². The lowest BCUT2D eigenvalue weighted by molar-refractivity contribution is 0.0600. The molecule has 0 radical (unpaired) electrons. The Morgan fingerprint density at radius 1 is 1.00 bits per heavy atom. The molecule has 1 heterocycles. The number of rotatable bonds is 11. The molecule has 3 rings (SSSR count). The number of phenols is 1. The van der Waals surface area contributed by atoms with Crippen LogP contribution in [0.2, 0.25) is 0 Å². The molecule has 9 heteroatoms. The summed E-state index contributed by atoms with van der Waals surface area (Å²) in [7, 11) is 4.54. The number of methoxy groups -OCH3 is 3. The predicted octanol–water partition coefficient (Wildman–Crippen LogP) is 3.17. The Kier molecular flexibility index (Phi) is 8.42. The number of phenolic OH excluding ortho intramolecular Hbond substituents is 1. The maximum atomic E-state index is 13.1. The first-order valence-electron chi connectivity index (χ1n) is 10.3. The van der Waals surface area contributed by atoms with Crippen LogP contribution in [0, 0.1) is 0 Å². The van der Waals surface area contributed by atoms with Crippen molar-refractivity contribution in [1.82, 2.24) is 4.90 Å². The molecule has 0 aliphatic rings. The minimum Gasteiger partial charge on any atom is -0.507 e. The fourth-order valence-electron chi connectivity index (χ4n) is 3.29. The van der Waals surface area contributed by atoms with Gasteiger partial charge in [-0.1, -0.05) is 0 Å². The van der Waals surface area contributed by atoms with Crippen molar-refractivity contribution in [2.45, 2.75) is 6.54 Å². The van der Waals surface area contributed by atoms with Crippen molar-refractivity contribution < 1.29 is 33.3 Å². The van der Waals surface area contributed by atoms with E-state index in [2.05, 4.69) is 4.74 Å². The molecule has 2 aromatic carbocycles. The predicted molar refractivity (Wildman–Crippen MR) is 121 cm³/mol. The third kappa shape index (κ3) is 5.89. The summed E-state index contributed by atoms with van der Waals surface area (Å²) in [6.07, 6.45) is 1.22. The summed E-state index contributed by atoms with van der Waals surface area (Å²) in [4.78, 5) is 26.7. The Balaban J connectivity index is 1.89. The average Bonchev–Trinajstić information content (AvgIpc) is 2.83. The van der Waals surface area contributed by atoms with Gasteiger partial charge in [0, 0.05) is 33.9 Å². The van der Waals surface area contributed by atoms with E-state index in [4.69, 9.17) is 18.6 Å². The Morgan fingerprint density at radius 3 is 2.27 bits per heavy atom. The van der Waals surface area contributed by atoms with Crippen molar-refractivity contribution in [3.05, 3.63) is 64.0 Å². The number of carbonyl (C=O) groups is 1. The first kappa shape index (κ1) is 24.2. The van der Waals surface area contributed by atoms with Gasteiger partial charge in [0.1, 0.15) is 23.3 Å². The summed E-state index contributed by atoms with van der Waals surface area (Å²) in [6.45, 7) is 2.58. The minimum absolute atomic E-state index is 0.0134. The number of aromatic hydroxyl groups is 1. The monoisotopic (exact) mass is 457 g/mol. The Labute approximate surface area is 191 Å². The van der Waals surface area contributed by atoms with Crippen LogP contribution in [0.3, 0.4) is 0 Å². The smallest absolute Gasteiger partial charge is 0.337 e. The molecule has 0 spiro atoms. The van der Waals surface area contributed by atoms with Gasteiger partial charge in [-0.15, -0.1) is 0 Å². The van der Waals surface area contributed by atoms with Crippen LogP contribution in [0.25, 0.3) is 11.0 Å². The number of hydrogen-bond donors (Lipinski definition) is 1. The molecule has 0 amide bonds. The molecule has 1 N–H and O–H groups in total. The van der Waals surface area contributed by atoms with Gasteiger partial charge in [-0.3, -0.25) is 9.69 Å². The second kappa shape index (κ2) is 11.5. The van der Waals surface area contributed by atoms with E-state index in [1.54, 1.807) is 26.4 Å². The Bertz CT molecular complexity index is 1130. The summed E-state index contributed by atoms with van der Waals surface area (Å²) < 4.78 is 26.4. The number of nitrogens with zero attached hydrogens (tertiary/aromatic N) is 1. The van der Waals surface area contributed by atoms with Crippen molar-refractivity contribution >= 4 is 16.9 Å². The number of esters is 1. The van der Waals surface area contributed by atoms with E-state index in [1.807, 2.05) is 4.90 Å². The Morgan fingerprint density at radius 2 is 1.67 bits per heavy atom. The molecule has 0 saturated carbocycles. The normalized spacial score (nSPS) is 11.2. The van der Waals surface area contributed by atoms with Crippen LogP contribution in [0.5, 0.6) is 17.2 Å². The highest BCUT2D eigenvalue weighted by atomic mass is 16.5. The first-order chi connectivity index (χ1) is 16.0. The lowest BCUT2D eigenvalue weighted by atomic mass is 10.1. The number of hydrogen-bond acceptors (Lipinski definition) is 9. The van der Waals surface area contributed by atoms with E-state index in [9.17, 15) is 14.7 Å². The molecule has 0 fully saturated rings. The van der Waals surface area contributed by atoms with Crippen LogP contribution >= 0.6 is 0 Å². The van der Waals surface area contributed by atoms with E-state index in [1.165, 1.54) is 37.6 Å². The highest BCUT2D eigenvalue weighted by Gasteiger charge is 2.18. The van der Waals surface area contributed by atoms with E-state index >= 15 is 0 Å². The molecule has 9 nitrogen and oxygen atoms in total. The number of benzene rings is 2. The maximum absolute atomic E-state index is 13.1. The third-order valence-corrected chi connectivity index (χ3v) is 5.10. The van der Waals surface area contributed by atoms with Crippen LogP contribution in [0.4, 0.5) is 0 Å². The SMILES string of the molecule is COCCN(CCOC)Cc1c(O)ccc2c(=O)c(Oc3ccc(C(=O)OC)cc3)coc12. The number of fused-ring (bicyclic) bond motifs is 1. The van der Waals surface area contributed by atoms with E-state index in [-0.39, 0.29) is 27.9 Å². The second-order valence-electron chi connectivity index (χ2n) is 7.25. The minimum atomic E-state index is -0.468. The van der Waals surface area contributed by atoms with Gasteiger partial charge in [-0.25, -0.2) is 4.79 Å². The molecule has 0 atom stereocenters. The molecule has 1 aromatic heterocycles. The van der Waals surface area contributed by atoms with E-state index in [0.29, 0.717) is 49.7 Å². The van der Waals surface area contributed by atoms with Gasteiger partial charge in [-0.2, -0.15) is 0 Å². The first-order valence-corrected chi connectivity index (χ1v) is 10.3. The third-order valence-electron chi connectivity index (χ3n) is 5.10. The number of ether oxygens (including phenoxy) is 4. The lowest BCUT2D eigenvalue weighted by Gasteiger charge is -2.22. The van der Waals surface area contributed by atoms with Crippen molar-refractivity contribution in [3.63, 3.8) is 0 Å². The summed E-state index contributed by atoms with van der Waals surface area (Å²) in [6, 6.07) is 9.16. The molecule has 3 aromatic rings. The van der Waals surface area contributed by atoms with E-state index < -0.39 is 5.97 Å². The standard InChI is InChI=1S/C24H27NO8/c1-29-12-10-25(11-13-30-2)14-19-20(26)9-8-18-22(27)21(15-32-23(18)19)33-17-6-4-16(5-7-17)24(28)31-3/h4-9,15,26H,10-14H2,1-3H3. The van der Waals surface area contributed by atoms with Gasteiger partial charge in [0.2, 0.25) is 11.2 Å². The summed E-state index contributed by atoms with van der Waals surface area (Å²) in [5.41, 5.74) is 0.760. The molecule has 0 aliphatic heterocycles. The summed E-state index contributed by atoms with van der Waals surface area (Å²) >= 11 is 0. The fourth-order valence-corrected chi connectivity index (χ4v) is 3.29. The van der Waals surface area contributed by atoms with Crippen LogP contribution in [-0.2, 0) is 20.8 Å². The van der Waals surface area contributed by atoms with Crippen LogP contribution in [0.1, 0.15) is 15.9 Å². The van der Waals surface area contributed by atoms with Gasteiger partial charge >= 0.3 is 5.97 Å². The van der Waals surface area contributed by atoms with E-state index in [0.717, 1.165) is 0 Å². The largest absolute Gasteiger partial charge is 0.507 e. The van der Waals surface area contributed by atoms with Crippen molar-refractivity contribution in [1.29, 1.82) is 0 Å². The highest BCUT2D eigenvalue weighted by molar-refractivity contribution is 5.89. The average molecular weight is 457 g/mol. The molecule has 0 unspecified atom stereocenters. The van der Waals surface area contributed by atoms with Gasteiger partial charge in [0.15, 0.2) is 0 Å². The molecule has 0 bridgehead atoms. The van der Waals surface area contributed by atoms with Crippen molar-refractivity contribution in [2.75, 3.05) is 47.6 Å². The Hall–Kier alpha value is -3.40. The quantitative estimate of drug-likeness (QED) is 0.434. The van der Waals surface area contributed by atoms with Gasteiger partial charge in [-0.05, 0) is 36.4 Å². The summed E-state index contributed by atoms with van der Waals surface area (Å²) in [5, 5.41) is 10.8. The molecular formula is C24H27NO8. The van der Waals surface area contributed by atoms with Crippen LogP contribution < -0.4 is 10.2 Å². The molecule has 0 saturated heterocycles. The van der Waals surface area contributed by atoms with Crippen LogP contribution in [-0.4, -0.2) is 63.6 Å². The molecule has 0 aliphatic carbocycles. The highest BCUT2D eigenvalue weighted by Crippen LogP contribution is 2.29. The summed E-state index contributed by atoms with van der Waals surface area (Å²) in [5.74, 6) is -0.0964. The van der Waals surface area contributed by atoms with Gasteiger partial charge in [0.25, 0.3) is 0 Å². The van der Waals surface area contributed by atoms with Gasteiger partial charge in [0.05, 0.1) is 36.8 Å². The van der Waals surface area contributed by atoms with Crippen LogP contribution in [0.15, 0.2) is 51.9 Å². The van der Waals surface area contributed by atoms with Crippen molar-refractivity contribution in [2.24, 2.45) is 0 Å². The van der Waals surface area contributed by atoms with Gasteiger partial charge < -0.3 is 28.5 Å². The zero-order valence-electron chi connectivity index (χ0n) is 18.8.